The molecule has 0 aromatic carbocycles. The van der Waals surface area contributed by atoms with Crippen molar-refractivity contribution >= 4 is 18.3 Å². The van der Waals surface area contributed by atoms with Gasteiger partial charge in [-0.15, -0.1) is 12.4 Å². The third-order valence-electron chi connectivity index (χ3n) is 3.74. The number of unbranched alkanes of at least 4 members (excludes halogenated alkanes) is 2. The van der Waals surface area contributed by atoms with E-state index in [9.17, 15) is 4.79 Å². The number of nitrogens with one attached hydrogen (secondary N) is 1. The van der Waals surface area contributed by atoms with Gasteiger partial charge in [-0.3, -0.25) is 4.79 Å². The first-order valence-electron chi connectivity index (χ1n) is 6.29. The molecule has 0 aliphatic carbocycles. The highest BCUT2D eigenvalue weighted by Gasteiger charge is 2.37. The van der Waals surface area contributed by atoms with Crippen molar-refractivity contribution in [3.05, 3.63) is 0 Å². The number of amides is 1. The van der Waals surface area contributed by atoms with E-state index in [0.29, 0.717) is 5.91 Å². The molecule has 0 bridgehead atoms. The van der Waals surface area contributed by atoms with E-state index in [2.05, 4.69) is 17.1 Å². The molecule has 94 valence electrons. The van der Waals surface area contributed by atoms with Crippen LogP contribution >= 0.6 is 12.4 Å². The van der Waals surface area contributed by atoms with E-state index in [1.165, 1.54) is 12.8 Å². The van der Waals surface area contributed by atoms with Crippen molar-refractivity contribution < 1.29 is 4.79 Å². The number of fused-ring (bicyclic) bond motifs is 1. The smallest absolute Gasteiger partial charge is 0.222 e. The van der Waals surface area contributed by atoms with Crippen molar-refractivity contribution in [2.75, 3.05) is 26.2 Å². The maximum atomic E-state index is 11.9. The lowest BCUT2D eigenvalue weighted by molar-refractivity contribution is -0.130. The molecule has 0 radical (unpaired) electrons. The fourth-order valence-electron chi connectivity index (χ4n) is 2.74. The van der Waals surface area contributed by atoms with Crippen LogP contribution in [0.1, 0.15) is 32.6 Å². The zero-order valence-electron chi connectivity index (χ0n) is 10.1. The summed E-state index contributed by atoms with van der Waals surface area (Å²) in [6, 6.07) is 0. The van der Waals surface area contributed by atoms with E-state index in [1.54, 1.807) is 0 Å². The van der Waals surface area contributed by atoms with Crippen molar-refractivity contribution in [1.82, 2.24) is 10.2 Å². The summed E-state index contributed by atoms with van der Waals surface area (Å²) in [5.74, 6) is 1.86. The molecule has 2 rings (SSSR count). The van der Waals surface area contributed by atoms with Crippen molar-refractivity contribution in [3.63, 3.8) is 0 Å². The van der Waals surface area contributed by atoms with Gasteiger partial charge in [0.05, 0.1) is 0 Å². The van der Waals surface area contributed by atoms with Crippen LogP contribution in [-0.4, -0.2) is 37.0 Å². The molecule has 4 heteroatoms. The van der Waals surface area contributed by atoms with Crippen LogP contribution in [0.25, 0.3) is 0 Å². The summed E-state index contributed by atoms with van der Waals surface area (Å²) >= 11 is 0. The van der Waals surface area contributed by atoms with Gasteiger partial charge in [0.1, 0.15) is 0 Å². The SMILES string of the molecule is CCCCCC(=O)N1C[C@H]2CNC[C@H]2C1.Cl. The Hall–Kier alpha value is -0.280. The summed E-state index contributed by atoms with van der Waals surface area (Å²) < 4.78 is 0. The van der Waals surface area contributed by atoms with Gasteiger partial charge in [0.15, 0.2) is 0 Å². The molecule has 0 aromatic rings. The molecule has 2 saturated heterocycles. The lowest BCUT2D eigenvalue weighted by atomic mass is 10.0. The Morgan fingerprint density at radius 1 is 1.25 bits per heavy atom. The van der Waals surface area contributed by atoms with Gasteiger partial charge in [0.25, 0.3) is 0 Å². The van der Waals surface area contributed by atoms with Gasteiger partial charge in [0.2, 0.25) is 5.91 Å². The fourth-order valence-corrected chi connectivity index (χ4v) is 2.74. The number of halogens is 1. The summed E-state index contributed by atoms with van der Waals surface area (Å²) in [5.41, 5.74) is 0. The highest BCUT2D eigenvalue weighted by molar-refractivity contribution is 5.85. The number of rotatable bonds is 4. The van der Waals surface area contributed by atoms with Crippen LogP contribution in [0.4, 0.5) is 0 Å². The van der Waals surface area contributed by atoms with Crippen LogP contribution in [0.2, 0.25) is 0 Å². The van der Waals surface area contributed by atoms with E-state index in [-0.39, 0.29) is 12.4 Å². The minimum atomic E-state index is 0. The number of carbonyl (C=O) groups excluding carboxylic acids is 1. The predicted molar refractivity (Wildman–Crippen MR) is 67.8 cm³/mol. The summed E-state index contributed by atoms with van der Waals surface area (Å²) in [6.07, 6.45) is 4.22. The van der Waals surface area contributed by atoms with Gasteiger partial charge in [0, 0.05) is 32.6 Å². The molecule has 1 amide bonds. The molecule has 1 N–H and O–H groups in total. The topological polar surface area (TPSA) is 32.3 Å². The average molecular weight is 247 g/mol. The Morgan fingerprint density at radius 2 is 1.88 bits per heavy atom. The third kappa shape index (κ3) is 3.11. The van der Waals surface area contributed by atoms with Crippen LogP contribution in [-0.2, 0) is 4.79 Å². The first-order valence-corrected chi connectivity index (χ1v) is 6.29. The molecule has 2 atom stereocenters. The lowest BCUT2D eigenvalue weighted by Crippen LogP contribution is -2.31. The van der Waals surface area contributed by atoms with E-state index in [0.717, 1.165) is 50.9 Å². The van der Waals surface area contributed by atoms with Gasteiger partial charge in [-0.05, 0) is 18.3 Å². The molecule has 0 saturated carbocycles. The highest BCUT2D eigenvalue weighted by Crippen LogP contribution is 2.26. The van der Waals surface area contributed by atoms with Crippen molar-refractivity contribution in [1.29, 1.82) is 0 Å². The van der Waals surface area contributed by atoms with Gasteiger partial charge in [-0.1, -0.05) is 19.8 Å². The number of carbonyl (C=O) groups is 1. The number of likely N-dealkylation sites (tertiary alicyclic amines) is 1. The van der Waals surface area contributed by atoms with E-state index in [1.807, 2.05) is 0 Å². The van der Waals surface area contributed by atoms with Gasteiger partial charge in [-0.25, -0.2) is 0 Å². The highest BCUT2D eigenvalue weighted by atomic mass is 35.5. The summed E-state index contributed by atoms with van der Waals surface area (Å²) in [6.45, 7) is 6.41. The zero-order chi connectivity index (χ0) is 10.7. The predicted octanol–water partition coefficient (Wildman–Crippen LogP) is 1.67. The van der Waals surface area contributed by atoms with E-state index < -0.39 is 0 Å². The molecule has 0 aromatic heterocycles. The standard InChI is InChI=1S/C12H22N2O.ClH/c1-2-3-4-5-12(15)14-8-10-6-13-7-11(10)9-14;/h10-11,13H,2-9H2,1H3;1H/t10-,11+;. The first kappa shape index (κ1) is 13.8. The van der Waals surface area contributed by atoms with Crippen molar-refractivity contribution in [2.24, 2.45) is 11.8 Å². The molecule has 2 heterocycles. The lowest BCUT2D eigenvalue weighted by Gasteiger charge is -2.17. The average Bonchev–Trinajstić information content (AvgIpc) is 2.76. The van der Waals surface area contributed by atoms with Gasteiger partial charge >= 0.3 is 0 Å². The van der Waals surface area contributed by atoms with Crippen LogP contribution < -0.4 is 5.32 Å². The van der Waals surface area contributed by atoms with Crippen LogP contribution in [0.15, 0.2) is 0 Å². The molecule has 3 nitrogen and oxygen atoms in total. The minimum absolute atomic E-state index is 0. The number of hydrogen-bond donors (Lipinski definition) is 1. The normalized spacial score (nSPS) is 27.7. The molecule has 0 unspecified atom stereocenters. The second-order valence-corrected chi connectivity index (χ2v) is 4.93. The number of nitrogens with zero attached hydrogens (tertiary/aromatic N) is 1. The molecular weight excluding hydrogens is 224 g/mol. The van der Waals surface area contributed by atoms with E-state index >= 15 is 0 Å². The van der Waals surface area contributed by atoms with Crippen LogP contribution in [0, 0.1) is 11.8 Å². The van der Waals surface area contributed by atoms with Crippen LogP contribution in [0.3, 0.4) is 0 Å². The minimum Gasteiger partial charge on any atom is -0.342 e. The molecule has 0 spiro atoms. The first-order chi connectivity index (χ1) is 7.31. The molecule has 2 aliphatic rings. The van der Waals surface area contributed by atoms with Crippen LogP contribution in [0.5, 0.6) is 0 Å². The molecule has 16 heavy (non-hydrogen) atoms. The third-order valence-corrected chi connectivity index (χ3v) is 3.74. The Morgan fingerprint density at radius 3 is 2.44 bits per heavy atom. The van der Waals surface area contributed by atoms with Gasteiger partial charge in [-0.2, -0.15) is 0 Å². The zero-order valence-corrected chi connectivity index (χ0v) is 10.9. The Kier molecular flexibility index (Phi) is 5.56. The summed E-state index contributed by atoms with van der Waals surface area (Å²) in [7, 11) is 0. The Labute approximate surface area is 104 Å². The largest absolute Gasteiger partial charge is 0.342 e. The van der Waals surface area contributed by atoms with Crippen molar-refractivity contribution in [2.45, 2.75) is 32.6 Å². The van der Waals surface area contributed by atoms with E-state index in [4.69, 9.17) is 0 Å². The second kappa shape index (κ2) is 6.45. The van der Waals surface area contributed by atoms with Gasteiger partial charge < -0.3 is 10.2 Å². The summed E-state index contributed by atoms with van der Waals surface area (Å²) in [4.78, 5) is 13.9. The molecule has 2 fully saturated rings. The molecule has 2 aliphatic heterocycles. The summed E-state index contributed by atoms with van der Waals surface area (Å²) in [5, 5.41) is 3.40. The Balaban J connectivity index is 0.00000128. The fraction of sp³-hybridized carbons (Fsp3) is 0.917. The molecular formula is C12H23ClN2O. The second-order valence-electron chi connectivity index (χ2n) is 4.93. The Bertz CT molecular complexity index is 223. The monoisotopic (exact) mass is 246 g/mol. The number of hydrogen-bond acceptors (Lipinski definition) is 2. The quantitative estimate of drug-likeness (QED) is 0.766. The van der Waals surface area contributed by atoms with Crippen molar-refractivity contribution in [3.8, 4) is 0 Å². The maximum absolute atomic E-state index is 11.9. The maximum Gasteiger partial charge on any atom is 0.222 e.